The zero-order valence-corrected chi connectivity index (χ0v) is 8.94. The van der Waals surface area contributed by atoms with E-state index in [1.807, 2.05) is 6.07 Å². The van der Waals surface area contributed by atoms with Crippen molar-refractivity contribution in [2.75, 3.05) is 11.1 Å². The molecule has 1 aromatic carbocycles. The molecular weight excluding hydrogens is 228 g/mol. The van der Waals surface area contributed by atoms with Gasteiger partial charge in [0.05, 0.1) is 6.20 Å². The second kappa shape index (κ2) is 4.24. The van der Waals surface area contributed by atoms with E-state index >= 15 is 0 Å². The fourth-order valence-electron chi connectivity index (χ4n) is 1.14. The summed E-state index contributed by atoms with van der Waals surface area (Å²) < 4.78 is 0. The first kappa shape index (κ1) is 10.5. The van der Waals surface area contributed by atoms with Gasteiger partial charge in [0.15, 0.2) is 0 Å². The molecule has 1 heterocycles. The van der Waals surface area contributed by atoms with Crippen LogP contribution in [0.5, 0.6) is 5.88 Å². The van der Waals surface area contributed by atoms with Crippen molar-refractivity contribution in [3.63, 3.8) is 0 Å². The number of rotatable bonds is 2. The SMILES string of the molecule is Nc1cnc(Nc2cccc(Cl)c2)nc1O. The summed E-state index contributed by atoms with van der Waals surface area (Å²) in [6.45, 7) is 0. The second-order valence-corrected chi connectivity index (χ2v) is 3.54. The number of benzene rings is 1. The molecule has 0 aliphatic heterocycles. The lowest BCUT2D eigenvalue weighted by molar-refractivity contribution is 0.456. The van der Waals surface area contributed by atoms with Crippen molar-refractivity contribution >= 4 is 28.9 Å². The van der Waals surface area contributed by atoms with Crippen LogP contribution in [0.2, 0.25) is 5.02 Å². The molecule has 2 rings (SSSR count). The molecule has 2 aromatic rings. The monoisotopic (exact) mass is 236 g/mol. The van der Waals surface area contributed by atoms with Gasteiger partial charge in [-0.05, 0) is 18.2 Å². The number of nitrogen functional groups attached to an aromatic ring is 1. The van der Waals surface area contributed by atoms with Gasteiger partial charge in [-0.3, -0.25) is 0 Å². The predicted molar refractivity (Wildman–Crippen MR) is 62.8 cm³/mol. The summed E-state index contributed by atoms with van der Waals surface area (Å²) in [7, 11) is 0. The number of aromatic nitrogens is 2. The quantitative estimate of drug-likeness (QED) is 0.744. The van der Waals surface area contributed by atoms with E-state index in [-0.39, 0.29) is 17.5 Å². The highest BCUT2D eigenvalue weighted by molar-refractivity contribution is 6.30. The first-order valence-electron chi connectivity index (χ1n) is 4.49. The zero-order chi connectivity index (χ0) is 11.5. The van der Waals surface area contributed by atoms with Crippen LogP contribution in [0.3, 0.4) is 0 Å². The lowest BCUT2D eigenvalue weighted by atomic mass is 10.3. The van der Waals surface area contributed by atoms with Crippen molar-refractivity contribution in [3.8, 4) is 5.88 Å². The van der Waals surface area contributed by atoms with Crippen LogP contribution in [0.25, 0.3) is 0 Å². The maximum Gasteiger partial charge on any atom is 0.239 e. The van der Waals surface area contributed by atoms with E-state index in [0.29, 0.717) is 5.02 Å². The molecule has 0 aliphatic carbocycles. The molecule has 0 radical (unpaired) electrons. The second-order valence-electron chi connectivity index (χ2n) is 3.11. The Labute approximate surface area is 96.9 Å². The van der Waals surface area contributed by atoms with Crippen LogP contribution in [-0.2, 0) is 0 Å². The van der Waals surface area contributed by atoms with E-state index < -0.39 is 0 Å². The molecule has 0 spiro atoms. The molecule has 0 aliphatic rings. The summed E-state index contributed by atoms with van der Waals surface area (Å²) in [6.07, 6.45) is 1.33. The minimum Gasteiger partial charge on any atom is -0.492 e. The average Bonchev–Trinajstić information content (AvgIpc) is 2.24. The Morgan fingerprint density at radius 1 is 1.38 bits per heavy atom. The summed E-state index contributed by atoms with van der Waals surface area (Å²) in [5.41, 5.74) is 6.25. The van der Waals surface area contributed by atoms with Gasteiger partial charge in [0.25, 0.3) is 0 Å². The average molecular weight is 237 g/mol. The van der Waals surface area contributed by atoms with Crippen molar-refractivity contribution in [2.45, 2.75) is 0 Å². The third-order valence-electron chi connectivity index (χ3n) is 1.88. The Morgan fingerprint density at radius 2 is 2.19 bits per heavy atom. The topological polar surface area (TPSA) is 84.1 Å². The van der Waals surface area contributed by atoms with Gasteiger partial charge in [0.1, 0.15) is 5.69 Å². The molecule has 0 saturated carbocycles. The largest absolute Gasteiger partial charge is 0.492 e. The summed E-state index contributed by atoms with van der Waals surface area (Å²) >= 11 is 5.82. The molecule has 0 bridgehead atoms. The van der Waals surface area contributed by atoms with Crippen LogP contribution < -0.4 is 11.1 Å². The van der Waals surface area contributed by atoms with E-state index in [1.165, 1.54) is 6.20 Å². The van der Waals surface area contributed by atoms with Crippen LogP contribution in [0.4, 0.5) is 17.3 Å². The fraction of sp³-hybridized carbons (Fsp3) is 0. The van der Waals surface area contributed by atoms with Crippen molar-refractivity contribution in [1.29, 1.82) is 0 Å². The van der Waals surface area contributed by atoms with E-state index in [4.69, 9.17) is 17.3 Å². The minimum absolute atomic E-state index is 0.136. The molecule has 6 heteroatoms. The molecule has 0 amide bonds. The number of nitrogens with one attached hydrogen (secondary N) is 1. The first-order valence-corrected chi connectivity index (χ1v) is 4.87. The standard InChI is InChI=1S/C10H9ClN4O/c11-6-2-1-3-7(4-6)14-10-13-5-8(12)9(16)15-10/h1-5H,12H2,(H2,13,14,15,16). The van der Waals surface area contributed by atoms with Crippen molar-refractivity contribution in [3.05, 3.63) is 35.5 Å². The maximum absolute atomic E-state index is 9.29. The molecule has 82 valence electrons. The van der Waals surface area contributed by atoms with Crippen LogP contribution in [-0.4, -0.2) is 15.1 Å². The normalized spacial score (nSPS) is 10.1. The number of hydrogen-bond acceptors (Lipinski definition) is 5. The van der Waals surface area contributed by atoms with Gasteiger partial charge in [-0.25, -0.2) is 4.98 Å². The number of nitrogens with two attached hydrogens (primary N) is 1. The molecule has 0 fully saturated rings. The third-order valence-corrected chi connectivity index (χ3v) is 2.11. The van der Waals surface area contributed by atoms with Gasteiger partial charge >= 0.3 is 0 Å². The van der Waals surface area contributed by atoms with Crippen molar-refractivity contribution in [1.82, 2.24) is 9.97 Å². The molecular formula is C10H9ClN4O. The maximum atomic E-state index is 9.29. The summed E-state index contributed by atoms with van der Waals surface area (Å²) in [5, 5.41) is 12.8. The Balaban J connectivity index is 2.24. The highest BCUT2D eigenvalue weighted by atomic mass is 35.5. The van der Waals surface area contributed by atoms with Crippen molar-refractivity contribution in [2.24, 2.45) is 0 Å². The highest BCUT2D eigenvalue weighted by Crippen LogP contribution is 2.21. The fourth-order valence-corrected chi connectivity index (χ4v) is 1.33. The van der Waals surface area contributed by atoms with E-state index in [9.17, 15) is 5.11 Å². The van der Waals surface area contributed by atoms with Gasteiger partial charge < -0.3 is 16.2 Å². The van der Waals surface area contributed by atoms with E-state index in [2.05, 4.69) is 15.3 Å². The van der Waals surface area contributed by atoms with Crippen LogP contribution in [0, 0.1) is 0 Å². The zero-order valence-electron chi connectivity index (χ0n) is 8.18. The lowest BCUT2D eigenvalue weighted by Gasteiger charge is -2.05. The van der Waals surface area contributed by atoms with Crippen LogP contribution >= 0.6 is 11.6 Å². The van der Waals surface area contributed by atoms with Gasteiger partial charge in [-0.2, -0.15) is 4.98 Å². The Kier molecular flexibility index (Phi) is 2.78. The number of anilines is 3. The Hall–Kier alpha value is -2.01. The smallest absolute Gasteiger partial charge is 0.239 e. The summed E-state index contributed by atoms with van der Waals surface area (Å²) in [4.78, 5) is 7.68. The van der Waals surface area contributed by atoms with Crippen molar-refractivity contribution < 1.29 is 5.11 Å². The minimum atomic E-state index is -0.250. The van der Waals surface area contributed by atoms with E-state index in [0.717, 1.165) is 5.69 Å². The Bertz CT molecular complexity index is 518. The predicted octanol–water partition coefficient (Wildman–Crippen LogP) is 2.16. The molecule has 4 N–H and O–H groups in total. The number of hydrogen-bond donors (Lipinski definition) is 3. The van der Waals surface area contributed by atoms with Gasteiger partial charge in [-0.15, -0.1) is 0 Å². The highest BCUT2D eigenvalue weighted by Gasteiger charge is 2.02. The summed E-state index contributed by atoms with van der Waals surface area (Å²) in [5.74, 6) is 0.00787. The van der Waals surface area contributed by atoms with Gasteiger partial charge in [-0.1, -0.05) is 17.7 Å². The van der Waals surface area contributed by atoms with Gasteiger partial charge in [0, 0.05) is 10.7 Å². The molecule has 16 heavy (non-hydrogen) atoms. The summed E-state index contributed by atoms with van der Waals surface area (Å²) in [6, 6.07) is 7.08. The number of halogens is 1. The molecule has 1 aromatic heterocycles. The first-order chi connectivity index (χ1) is 7.65. The molecule has 0 atom stereocenters. The molecule has 0 unspecified atom stereocenters. The van der Waals surface area contributed by atoms with Crippen LogP contribution in [0.15, 0.2) is 30.5 Å². The number of aromatic hydroxyl groups is 1. The Morgan fingerprint density at radius 3 is 2.88 bits per heavy atom. The molecule has 0 saturated heterocycles. The van der Waals surface area contributed by atoms with Crippen LogP contribution in [0.1, 0.15) is 0 Å². The third kappa shape index (κ3) is 2.32. The number of nitrogens with zero attached hydrogens (tertiary/aromatic N) is 2. The van der Waals surface area contributed by atoms with Gasteiger partial charge in [0.2, 0.25) is 11.8 Å². The molecule has 5 nitrogen and oxygen atoms in total. The lowest BCUT2D eigenvalue weighted by Crippen LogP contribution is -1.98. The van der Waals surface area contributed by atoms with E-state index in [1.54, 1.807) is 18.2 Å².